The summed E-state index contributed by atoms with van der Waals surface area (Å²) in [5.41, 5.74) is 8.22. The van der Waals surface area contributed by atoms with Crippen molar-refractivity contribution in [3.05, 3.63) is 194 Å². The molecule has 0 unspecified atom stereocenters. The maximum Gasteiger partial charge on any atom is 0.0538 e. The zero-order chi connectivity index (χ0) is 35.6. The number of aromatic nitrogens is 1. The van der Waals surface area contributed by atoms with Crippen LogP contribution < -0.4 is 4.90 Å². The molecule has 0 bridgehead atoms. The lowest BCUT2D eigenvalue weighted by Crippen LogP contribution is -2.09. The van der Waals surface area contributed by atoms with Gasteiger partial charge in [0.2, 0.25) is 0 Å². The number of anilines is 3. The van der Waals surface area contributed by atoms with Crippen LogP contribution in [0.5, 0.6) is 0 Å². The number of benzene rings is 9. The Kier molecular flexibility index (Phi) is 7.07. The molecule has 11 rings (SSSR count). The van der Waals surface area contributed by atoms with Gasteiger partial charge < -0.3 is 4.90 Å². The van der Waals surface area contributed by atoms with Crippen LogP contribution in [0.25, 0.3) is 85.5 Å². The molecule has 0 fully saturated rings. The lowest BCUT2D eigenvalue weighted by atomic mass is 9.93. The predicted molar refractivity (Wildman–Crippen MR) is 233 cm³/mol. The molecule has 54 heavy (non-hydrogen) atoms. The maximum atomic E-state index is 4.40. The fraction of sp³-hybridized carbons (Fsp3) is 0. The van der Waals surface area contributed by atoms with E-state index in [9.17, 15) is 0 Å². The van der Waals surface area contributed by atoms with Crippen LogP contribution in [-0.4, -0.2) is 4.98 Å². The van der Waals surface area contributed by atoms with Gasteiger partial charge in [-0.3, -0.25) is 4.98 Å². The number of fused-ring (bicyclic) bond motifs is 9. The fourth-order valence-corrected chi connectivity index (χ4v) is 9.43. The summed E-state index contributed by atoms with van der Waals surface area (Å²) in [6.45, 7) is 0. The highest BCUT2D eigenvalue weighted by Gasteiger charge is 2.17. The molecule has 9 aromatic carbocycles. The summed E-state index contributed by atoms with van der Waals surface area (Å²) in [6, 6.07) is 66.7. The molecule has 0 spiro atoms. The highest BCUT2D eigenvalue weighted by molar-refractivity contribution is 7.25. The Hall–Kier alpha value is -6.81. The minimum absolute atomic E-state index is 1.10. The second-order valence-corrected chi connectivity index (χ2v) is 15.0. The Morgan fingerprint density at radius 1 is 0.352 bits per heavy atom. The molecule has 3 heteroatoms. The number of rotatable bonds is 5. The van der Waals surface area contributed by atoms with Crippen LogP contribution >= 0.6 is 11.3 Å². The van der Waals surface area contributed by atoms with Crippen molar-refractivity contribution in [3.8, 4) is 22.3 Å². The van der Waals surface area contributed by atoms with Gasteiger partial charge in [-0.05, 0) is 126 Å². The largest absolute Gasteiger partial charge is 0.310 e. The van der Waals surface area contributed by atoms with E-state index >= 15 is 0 Å². The average Bonchev–Trinajstić information content (AvgIpc) is 3.62. The smallest absolute Gasteiger partial charge is 0.0538 e. The summed E-state index contributed by atoms with van der Waals surface area (Å²) in [5, 5.41) is 12.7. The summed E-state index contributed by atoms with van der Waals surface area (Å²) in [6.07, 6.45) is 3.87. The molecule has 2 nitrogen and oxygen atoms in total. The van der Waals surface area contributed by atoms with E-state index in [-0.39, 0.29) is 0 Å². The minimum Gasteiger partial charge on any atom is -0.310 e. The molecule has 0 radical (unpaired) electrons. The monoisotopic (exact) mass is 704 g/mol. The molecule has 2 aromatic heterocycles. The molecule has 0 saturated heterocycles. The lowest BCUT2D eigenvalue weighted by Gasteiger charge is -2.26. The topological polar surface area (TPSA) is 16.1 Å². The van der Waals surface area contributed by atoms with E-state index in [0.29, 0.717) is 0 Å². The summed E-state index contributed by atoms with van der Waals surface area (Å²) < 4.78 is 2.47. The highest BCUT2D eigenvalue weighted by Crippen LogP contribution is 2.43. The zero-order valence-electron chi connectivity index (χ0n) is 29.3. The first-order valence-electron chi connectivity index (χ1n) is 18.4. The van der Waals surface area contributed by atoms with E-state index < -0.39 is 0 Å². The van der Waals surface area contributed by atoms with Crippen molar-refractivity contribution in [2.45, 2.75) is 0 Å². The highest BCUT2D eigenvalue weighted by atomic mass is 32.1. The van der Waals surface area contributed by atoms with Gasteiger partial charge in [-0.15, -0.1) is 11.3 Å². The molecule has 2 heterocycles. The SMILES string of the molecule is c1ccc2c(c1)cc(-c1ccc(N(c3ccc(-c4cc5ccccc5c5ccccc45)cc3)c3ccc4sc5cnccc5c4c3)cc1)c1ccccc12. The number of nitrogens with zero attached hydrogens (tertiary/aromatic N) is 2. The van der Waals surface area contributed by atoms with Gasteiger partial charge in [0.15, 0.2) is 0 Å². The molecule has 0 N–H and O–H groups in total. The van der Waals surface area contributed by atoms with Gasteiger partial charge in [0.1, 0.15) is 0 Å². The van der Waals surface area contributed by atoms with Crippen molar-refractivity contribution in [3.63, 3.8) is 0 Å². The molecule has 0 atom stereocenters. The van der Waals surface area contributed by atoms with E-state index in [1.54, 1.807) is 11.3 Å². The first kappa shape index (κ1) is 30.8. The number of hydrogen-bond donors (Lipinski definition) is 0. The second kappa shape index (κ2) is 12.4. The van der Waals surface area contributed by atoms with Crippen LogP contribution in [-0.2, 0) is 0 Å². The summed E-state index contributed by atoms with van der Waals surface area (Å²) >= 11 is 1.79. The third kappa shape index (κ3) is 4.97. The van der Waals surface area contributed by atoms with E-state index in [1.807, 2.05) is 12.4 Å². The predicted octanol–water partition coefficient (Wildman–Crippen LogP) is 14.9. The summed E-state index contributed by atoms with van der Waals surface area (Å²) in [4.78, 5) is 6.78. The van der Waals surface area contributed by atoms with Crippen molar-refractivity contribution >= 4 is 91.7 Å². The summed E-state index contributed by atoms with van der Waals surface area (Å²) in [5.74, 6) is 0. The van der Waals surface area contributed by atoms with Crippen molar-refractivity contribution in [1.82, 2.24) is 4.98 Å². The van der Waals surface area contributed by atoms with Crippen molar-refractivity contribution < 1.29 is 0 Å². The van der Waals surface area contributed by atoms with Gasteiger partial charge in [-0.2, -0.15) is 0 Å². The molecule has 252 valence electrons. The third-order valence-electron chi connectivity index (χ3n) is 10.9. The standard InChI is InChI=1S/C51H32N2S/c1-3-11-40-35(9-1)29-47(44-15-7-5-13-42(40)44)33-17-21-37(22-18-33)53(39-25-26-50-49(31-39)46-27-28-52-32-51(46)54-50)38-23-19-34(20-24-38)48-30-36-10-2-4-12-41(36)43-14-6-8-16-45(43)48/h1-32H. The zero-order valence-corrected chi connectivity index (χ0v) is 30.1. The van der Waals surface area contributed by atoms with Gasteiger partial charge in [-0.1, -0.05) is 121 Å². The lowest BCUT2D eigenvalue weighted by molar-refractivity contribution is 1.29. The van der Waals surface area contributed by atoms with Crippen LogP contribution in [0, 0.1) is 0 Å². The van der Waals surface area contributed by atoms with Gasteiger partial charge >= 0.3 is 0 Å². The van der Waals surface area contributed by atoms with E-state index in [2.05, 4.69) is 192 Å². The Labute approximate surface area is 316 Å². The van der Waals surface area contributed by atoms with Gasteiger partial charge in [0.05, 0.1) is 4.70 Å². The first-order valence-corrected chi connectivity index (χ1v) is 19.2. The Balaban J connectivity index is 1.06. The Bertz CT molecular complexity index is 3050. The molecular weight excluding hydrogens is 673 g/mol. The molecule has 0 aliphatic carbocycles. The fourth-order valence-electron chi connectivity index (χ4n) is 8.37. The molecule has 11 aromatic rings. The van der Waals surface area contributed by atoms with Gasteiger partial charge in [0, 0.05) is 44.9 Å². The Morgan fingerprint density at radius 3 is 1.39 bits per heavy atom. The van der Waals surface area contributed by atoms with E-state index in [4.69, 9.17) is 0 Å². The molecule has 0 saturated carbocycles. The second-order valence-electron chi connectivity index (χ2n) is 14.0. The van der Waals surface area contributed by atoms with Crippen LogP contribution in [0.4, 0.5) is 17.1 Å². The number of thiophene rings is 1. The van der Waals surface area contributed by atoms with E-state index in [0.717, 1.165) is 17.1 Å². The molecule has 0 aliphatic rings. The van der Waals surface area contributed by atoms with E-state index in [1.165, 1.54) is 85.5 Å². The molecule has 0 aliphatic heterocycles. The van der Waals surface area contributed by atoms with Gasteiger partial charge in [-0.25, -0.2) is 0 Å². The van der Waals surface area contributed by atoms with Crippen LogP contribution in [0.15, 0.2) is 194 Å². The molecular formula is C51H32N2S. The average molecular weight is 705 g/mol. The number of pyridine rings is 1. The summed E-state index contributed by atoms with van der Waals surface area (Å²) in [7, 11) is 0. The normalized spacial score (nSPS) is 11.7. The third-order valence-corrected chi connectivity index (χ3v) is 12.0. The molecule has 0 amide bonds. The van der Waals surface area contributed by atoms with Crippen LogP contribution in [0.3, 0.4) is 0 Å². The maximum absolute atomic E-state index is 4.40. The Morgan fingerprint density at radius 2 is 0.833 bits per heavy atom. The van der Waals surface area contributed by atoms with Crippen LogP contribution in [0.2, 0.25) is 0 Å². The van der Waals surface area contributed by atoms with Crippen molar-refractivity contribution in [2.75, 3.05) is 4.90 Å². The van der Waals surface area contributed by atoms with Gasteiger partial charge in [0.25, 0.3) is 0 Å². The first-order chi connectivity index (χ1) is 26.8. The van der Waals surface area contributed by atoms with Crippen molar-refractivity contribution in [1.29, 1.82) is 0 Å². The minimum atomic E-state index is 1.10. The number of hydrogen-bond acceptors (Lipinski definition) is 3. The van der Waals surface area contributed by atoms with Crippen molar-refractivity contribution in [2.24, 2.45) is 0 Å². The quantitative estimate of drug-likeness (QED) is 0.166. The van der Waals surface area contributed by atoms with Crippen LogP contribution in [0.1, 0.15) is 0 Å².